The van der Waals surface area contributed by atoms with Gasteiger partial charge in [0.25, 0.3) is 0 Å². The lowest BCUT2D eigenvalue weighted by molar-refractivity contribution is 0.506. The Labute approximate surface area is 187 Å². The van der Waals surface area contributed by atoms with Gasteiger partial charge in [-0.1, -0.05) is 65.3 Å². The fraction of sp³-hybridized carbons (Fsp3) is 0.360. The number of thiophene rings is 1. The van der Waals surface area contributed by atoms with Gasteiger partial charge in [-0.3, -0.25) is 0 Å². The van der Waals surface area contributed by atoms with Gasteiger partial charge in [-0.25, -0.2) is 13.2 Å². The minimum Gasteiger partial charge on any atom is -0.205 e. The molecular weight excluding hydrogens is 425 g/mol. The van der Waals surface area contributed by atoms with E-state index in [2.05, 4.69) is 30.7 Å². The smallest absolute Gasteiger partial charge is 0.159 e. The summed E-state index contributed by atoms with van der Waals surface area (Å²) in [5, 5.41) is 4.51. The lowest BCUT2D eigenvalue weighted by atomic mass is 10.0. The van der Waals surface area contributed by atoms with E-state index in [9.17, 15) is 13.2 Å². The van der Waals surface area contributed by atoms with Gasteiger partial charge in [0.1, 0.15) is 5.82 Å². The van der Waals surface area contributed by atoms with Gasteiger partial charge in [-0.15, -0.1) is 0 Å². The largest absolute Gasteiger partial charge is 0.205 e. The molecule has 0 nitrogen and oxygen atoms in total. The summed E-state index contributed by atoms with van der Waals surface area (Å²) in [5.41, 5.74) is 3.26. The number of rotatable bonds is 3. The number of halogens is 4. The Balaban J connectivity index is 0.000000228. The first-order valence-corrected chi connectivity index (χ1v) is 11.3. The molecule has 3 rings (SSSR count). The predicted octanol–water partition coefficient (Wildman–Crippen LogP) is 9.56. The summed E-state index contributed by atoms with van der Waals surface area (Å²) < 4.78 is 37.8. The normalized spacial score (nSPS) is 10.6. The second kappa shape index (κ2) is 12.8. The number of benzene rings is 2. The zero-order valence-electron chi connectivity index (χ0n) is 18.3. The summed E-state index contributed by atoms with van der Waals surface area (Å²) in [4.78, 5) is 0. The van der Waals surface area contributed by atoms with Gasteiger partial charge in [0, 0.05) is 0 Å². The second-order valence-electron chi connectivity index (χ2n) is 7.87. The van der Waals surface area contributed by atoms with Crippen molar-refractivity contribution in [1.82, 2.24) is 0 Å². The van der Waals surface area contributed by atoms with Gasteiger partial charge < -0.3 is 0 Å². The van der Waals surface area contributed by atoms with Gasteiger partial charge in [0.05, 0.1) is 5.02 Å². The highest BCUT2D eigenvalue weighted by Gasteiger charge is 2.04. The zero-order valence-corrected chi connectivity index (χ0v) is 19.9. The third-order valence-corrected chi connectivity index (χ3v) is 5.44. The fourth-order valence-corrected chi connectivity index (χ4v) is 3.29. The molecule has 0 bridgehead atoms. The van der Waals surface area contributed by atoms with E-state index in [4.69, 9.17) is 11.6 Å². The van der Waals surface area contributed by atoms with Crippen LogP contribution in [0.3, 0.4) is 0 Å². The summed E-state index contributed by atoms with van der Waals surface area (Å²) in [6.07, 6.45) is 0. The molecule has 0 saturated carbocycles. The highest BCUT2D eigenvalue weighted by atomic mass is 35.5. The molecule has 0 aliphatic rings. The quantitative estimate of drug-likeness (QED) is 0.369. The van der Waals surface area contributed by atoms with Crippen LogP contribution < -0.4 is 0 Å². The molecule has 0 amide bonds. The molecule has 2 aromatic carbocycles. The van der Waals surface area contributed by atoms with Crippen LogP contribution in [0.2, 0.25) is 5.02 Å². The number of hydrogen-bond acceptors (Lipinski definition) is 1. The Morgan fingerprint density at radius 3 is 1.50 bits per heavy atom. The van der Waals surface area contributed by atoms with Gasteiger partial charge in [-0.05, 0) is 75.5 Å². The summed E-state index contributed by atoms with van der Waals surface area (Å²) in [7, 11) is 0. The standard InChI is InChI=1S/C9H10ClF.C9H10F2.C7H10S/c2*1-6(2)7-3-4-8(10)9(11)5-7;1-6(2)7-3-4-8-5-7/h2*3-6H,1-2H3;3-6H,1-2H3. The molecule has 0 fully saturated rings. The maximum absolute atomic E-state index is 12.8. The molecule has 164 valence electrons. The van der Waals surface area contributed by atoms with Crippen LogP contribution in [0.25, 0.3) is 0 Å². The summed E-state index contributed by atoms with van der Waals surface area (Å²) in [6.45, 7) is 12.3. The van der Waals surface area contributed by atoms with Gasteiger partial charge in [0.15, 0.2) is 11.6 Å². The summed E-state index contributed by atoms with van der Waals surface area (Å²) in [5.74, 6) is -0.600. The van der Waals surface area contributed by atoms with Crippen molar-refractivity contribution in [3.05, 3.63) is 92.4 Å². The maximum Gasteiger partial charge on any atom is 0.159 e. The molecule has 0 radical (unpaired) electrons. The second-order valence-corrected chi connectivity index (χ2v) is 9.06. The molecule has 30 heavy (non-hydrogen) atoms. The highest BCUT2D eigenvalue weighted by molar-refractivity contribution is 7.07. The lowest BCUT2D eigenvalue weighted by Crippen LogP contribution is -1.90. The molecule has 1 aromatic heterocycles. The Bertz CT molecular complexity index is 832. The van der Waals surface area contributed by atoms with E-state index in [1.165, 1.54) is 17.7 Å². The van der Waals surface area contributed by atoms with E-state index >= 15 is 0 Å². The first kappa shape index (κ1) is 26.3. The van der Waals surface area contributed by atoms with E-state index < -0.39 is 11.6 Å². The Morgan fingerprint density at radius 2 is 1.13 bits per heavy atom. The SMILES string of the molecule is CC(C)c1ccc(Cl)c(F)c1.CC(C)c1ccc(F)c(F)c1.CC(C)c1ccsc1. The van der Waals surface area contributed by atoms with Crippen molar-refractivity contribution in [2.24, 2.45) is 0 Å². The molecule has 0 unspecified atom stereocenters. The molecule has 1 heterocycles. The predicted molar refractivity (Wildman–Crippen MR) is 124 cm³/mol. The van der Waals surface area contributed by atoms with E-state index in [0.29, 0.717) is 11.8 Å². The topological polar surface area (TPSA) is 0 Å². The molecule has 0 aliphatic heterocycles. The van der Waals surface area contributed by atoms with E-state index in [-0.39, 0.29) is 16.8 Å². The molecule has 0 saturated heterocycles. The van der Waals surface area contributed by atoms with Crippen LogP contribution in [0.15, 0.2) is 53.2 Å². The van der Waals surface area contributed by atoms with Crippen molar-refractivity contribution in [1.29, 1.82) is 0 Å². The van der Waals surface area contributed by atoms with E-state index in [1.807, 2.05) is 33.8 Å². The van der Waals surface area contributed by atoms with Crippen molar-refractivity contribution >= 4 is 22.9 Å². The van der Waals surface area contributed by atoms with Crippen LogP contribution in [0.5, 0.6) is 0 Å². The molecule has 0 N–H and O–H groups in total. The summed E-state index contributed by atoms with van der Waals surface area (Å²) >= 11 is 7.28. The van der Waals surface area contributed by atoms with E-state index in [0.717, 1.165) is 17.2 Å². The molecule has 0 aliphatic carbocycles. The highest BCUT2D eigenvalue weighted by Crippen LogP contribution is 2.20. The van der Waals surface area contributed by atoms with Gasteiger partial charge >= 0.3 is 0 Å². The Hall–Kier alpha value is -1.78. The molecule has 0 spiro atoms. The van der Waals surface area contributed by atoms with Crippen molar-refractivity contribution in [2.75, 3.05) is 0 Å². The minimum atomic E-state index is -0.783. The first-order valence-electron chi connectivity index (χ1n) is 9.94. The molecule has 3 aromatic rings. The van der Waals surface area contributed by atoms with E-state index in [1.54, 1.807) is 23.5 Å². The van der Waals surface area contributed by atoms with Crippen LogP contribution in [-0.4, -0.2) is 0 Å². The third kappa shape index (κ3) is 8.93. The lowest BCUT2D eigenvalue weighted by Gasteiger charge is -2.04. The average Bonchev–Trinajstić information content (AvgIpc) is 3.22. The third-order valence-electron chi connectivity index (χ3n) is 4.43. The molecular formula is C25H30ClF3S. The monoisotopic (exact) mass is 454 g/mol. The van der Waals surface area contributed by atoms with Crippen molar-refractivity contribution in [3.8, 4) is 0 Å². The minimum absolute atomic E-state index is 0.189. The number of hydrogen-bond donors (Lipinski definition) is 0. The first-order chi connectivity index (χ1) is 14.0. The van der Waals surface area contributed by atoms with Gasteiger partial charge in [-0.2, -0.15) is 11.3 Å². The molecule has 0 atom stereocenters. The maximum atomic E-state index is 12.8. The van der Waals surface area contributed by atoms with Crippen molar-refractivity contribution < 1.29 is 13.2 Å². The van der Waals surface area contributed by atoms with Crippen LogP contribution in [0.1, 0.15) is 76.0 Å². The Kier molecular flexibility index (Phi) is 11.2. The average molecular weight is 455 g/mol. The summed E-state index contributed by atoms with van der Waals surface area (Å²) in [6, 6.07) is 11.1. The zero-order chi connectivity index (χ0) is 22.8. The van der Waals surface area contributed by atoms with Gasteiger partial charge in [0.2, 0.25) is 0 Å². The Morgan fingerprint density at radius 1 is 0.633 bits per heavy atom. The van der Waals surface area contributed by atoms with Crippen molar-refractivity contribution in [3.63, 3.8) is 0 Å². The molecule has 5 heteroatoms. The van der Waals surface area contributed by atoms with Crippen LogP contribution in [-0.2, 0) is 0 Å². The fourth-order valence-electron chi connectivity index (χ4n) is 2.35. The van der Waals surface area contributed by atoms with Crippen molar-refractivity contribution in [2.45, 2.75) is 59.3 Å². The van der Waals surface area contributed by atoms with Crippen LogP contribution >= 0.6 is 22.9 Å². The van der Waals surface area contributed by atoms with Crippen LogP contribution in [0.4, 0.5) is 13.2 Å². The van der Waals surface area contributed by atoms with Crippen LogP contribution in [0, 0.1) is 17.5 Å².